The Morgan fingerprint density at radius 2 is 1.88 bits per heavy atom. The average molecular weight is 236 g/mol. The summed E-state index contributed by atoms with van der Waals surface area (Å²) in [7, 11) is 0. The molecule has 1 saturated carbocycles. The Labute approximate surface area is 103 Å². The van der Waals surface area contributed by atoms with Crippen LogP contribution in [-0.2, 0) is 5.41 Å². The maximum absolute atomic E-state index is 12.9. The maximum atomic E-state index is 12.9. The van der Waals surface area contributed by atoms with Crippen LogP contribution < -0.4 is 0 Å². The van der Waals surface area contributed by atoms with E-state index >= 15 is 0 Å². The summed E-state index contributed by atoms with van der Waals surface area (Å²) >= 11 is 0. The van der Waals surface area contributed by atoms with Gasteiger partial charge in [0.2, 0.25) is 0 Å². The van der Waals surface area contributed by atoms with Gasteiger partial charge in [-0.25, -0.2) is 4.39 Å². The summed E-state index contributed by atoms with van der Waals surface area (Å²) in [6.07, 6.45) is 4.25. The SMILES string of the molecule is CC(C)(c1ccc(F)cc1)C(O)CCC1CC1. The van der Waals surface area contributed by atoms with Gasteiger partial charge < -0.3 is 5.11 Å². The minimum atomic E-state index is -0.353. The first-order valence-electron chi connectivity index (χ1n) is 6.44. The summed E-state index contributed by atoms with van der Waals surface area (Å²) in [4.78, 5) is 0. The van der Waals surface area contributed by atoms with Gasteiger partial charge in [-0.2, -0.15) is 0 Å². The lowest BCUT2D eigenvalue weighted by Gasteiger charge is -2.31. The van der Waals surface area contributed by atoms with Gasteiger partial charge in [0.05, 0.1) is 6.10 Å². The van der Waals surface area contributed by atoms with E-state index in [1.54, 1.807) is 12.1 Å². The van der Waals surface area contributed by atoms with Crippen LogP contribution in [0.2, 0.25) is 0 Å². The van der Waals surface area contributed by atoms with Gasteiger partial charge in [-0.1, -0.05) is 38.8 Å². The summed E-state index contributed by atoms with van der Waals surface area (Å²) in [6.45, 7) is 4.05. The van der Waals surface area contributed by atoms with Crippen molar-refractivity contribution in [1.29, 1.82) is 0 Å². The van der Waals surface area contributed by atoms with Crippen LogP contribution in [0.3, 0.4) is 0 Å². The van der Waals surface area contributed by atoms with Gasteiger partial charge >= 0.3 is 0 Å². The van der Waals surface area contributed by atoms with Crippen LogP contribution in [0.4, 0.5) is 4.39 Å². The van der Waals surface area contributed by atoms with Gasteiger partial charge in [0.25, 0.3) is 0 Å². The van der Waals surface area contributed by atoms with E-state index in [2.05, 4.69) is 0 Å². The first-order valence-corrected chi connectivity index (χ1v) is 6.44. The molecule has 1 atom stereocenters. The van der Waals surface area contributed by atoms with Gasteiger partial charge in [0.1, 0.15) is 5.82 Å². The fraction of sp³-hybridized carbons (Fsp3) is 0.600. The number of halogens is 1. The largest absolute Gasteiger partial charge is 0.392 e. The molecule has 1 aromatic rings. The monoisotopic (exact) mass is 236 g/mol. The Kier molecular flexibility index (Phi) is 3.53. The molecule has 94 valence electrons. The van der Waals surface area contributed by atoms with E-state index in [0.717, 1.165) is 24.3 Å². The van der Waals surface area contributed by atoms with Gasteiger partial charge in [-0.15, -0.1) is 0 Å². The predicted octanol–water partition coefficient (Wildman–Crippen LogP) is 3.65. The van der Waals surface area contributed by atoms with E-state index in [1.165, 1.54) is 25.0 Å². The molecule has 0 bridgehead atoms. The van der Waals surface area contributed by atoms with E-state index in [1.807, 2.05) is 13.8 Å². The molecule has 1 aromatic carbocycles. The lowest BCUT2D eigenvalue weighted by atomic mass is 9.77. The van der Waals surface area contributed by atoms with Crippen molar-refractivity contribution in [2.75, 3.05) is 0 Å². The molecule has 0 saturated heterocycles. The zero-order chi connectivity index (χ0) is 12.5. The zero-order valence-corrected chi connectivity index (χ0v) is 10.6. The van der Waals surface area contributed by atoms with Crippen LogP contribution in [0.5, 0.6) is 0 Å². The summed E-state index contributed by atoms with van der Waals surface area (Å²) < 4.78 is 12.9. The second-order valence-electron chi connectivity index (χ2n) is 5.77. The van der Waals surface area contributed by atoms with Crippen LogP contribution in [0.15, 0.2) is 24.3 Å². The lowest BCUT2D eigenvalue weighted by molar-refractivity contribution is 0.0876. The van der Waals surface area contributed by atoms with E-state index in [0.29, 0.717) is 0 Å². The fourth-order valence-electron chi connectivity index (χ4n) is 2.23. The zero-order valence-electron chi connectivity index (χ0n) is 10.6. The molecule has 0 amide bonds. The molecule has 1 fully saturated rings. The Morgan fingerprint density at radius 3 is 2.41 bits per heavy atom. The number of aliphatic hydroxyl groups is 1. The smallest absolute Gasteiger partial charge is 0.123 e. The van der Waals surface area contributed by atoms with Crippen LogP contribution in [-0.4, -0.2) is 11.2 Å². The summed E-state index contributed by atoms with van der Waals surface area (Å²) in [5.74, 6) is 0.616. The number of rotatable bonds is 5. The van der Waals surface area contributed by atoms with Crippen molar-refractivity contribution in [1.82, 2.24) is 0 Å². The topological polar surface area (TPSA) is 20.2 Å². The molecule has 17 heavy (non-hydrogen) atoms. The summed E-state index contributed by atoms with van der Waals surface area (Å²) in [5.41, 5.74) is 0.699. The van der Waals surface area contributed by atoms with Crippen LogP contribution in [0.1, 0.15) is 45.1 Å². The predicted molar refractivity (Wildman–Crippen MR) is 67.4 cm³/mol. The van der Waals surface area contributed by atoms with Crippen molar-refractivity contribution in [3.63, 3.8) is 0 Å². The minimum Gasteiger partial charge on any atom is -0.392 e. The van der Waals surface area contributed by atoms with Gasteiger partial charge in [-0.05, 0) is 36.5 Å². The molecule has 2 rings (SSSR count). The van der Waals surface area contributed by atoms with E-state index in [-0.39, 0.29) is 17.3 Å². The number of hydrogen-bond donors (Lipinski definition) is 1. The first kappa shape index (κ1) is 12.6. The lowest BCUT2D eigenvalue weighted by Crippen LogP contribution is -2.33. The molecule has 1 aliphatic rings. The first-order chi connectivity index (χ1) is 8.00. The molecular formula is C15H21FO. The third kappa shape index (κ3) is 3.06. The second kappa shape index (κ2) is 4.77. The standard InChI is InChI=1S/C15H21FO/c1-15(2,12-6-8-13(16)9-7-12)14(17)10-5-11-3-4-11/h6-9,11,14,17H,3-5,10H2,1-2H3. The van der Waals surface area contributed by atoms with E-state index in [4.69, 9.17) is 0 Å². The molecule has 0 aliphatic heterocycles. The average Bonchev–Trinajstić information content (AvgIpc) is 3.10. The van der Waals surface area contributed by atoms with Crippen molar-refractivity contribution >= 4 is 0 Å². The minimum absolute atomic E-state index is 0.225. The normalized spacial score (nSPS) is 18.1. The quantitative estimate of drug-likeness (QED) is 0.827. The number of benzene rings is 1. The third-order valence-corrected chi connectivity index (χ3v) is 3.97. The Hall–Kier alpha value is -0.890. The third-order valence-electron chi connectivity index (χ3n) is 3.97. The molecule has 0 radical (unpaired) electrons. The molecule has 0 aromatic heterocycles. The van der Waals surface area contributed by atoms with Crippen LogP contribution in [0.25, 0.3) is 0 Å². The van der Waals surface area contributed by atoms with Gasteiger partial charge in [-0.3, -0.25) is 0 Å². The highest BCUT2D eigenvalue weighted by molar-refractivity contribution is 5.25. The molecule has 0 spiro atoms. The number of hydrogen-bond acceptors (Lipinski definition) is 1. The molecule has 0 heterocycles. The summed E-state index contributed by atoms with van der Waals surface area (Å²) in [6, 6.07) is 6.47. The Balaban J connectivity index is 2.01. The van der Waals surface area contributed by atoms with Crippen LogP contribution in [0, 0.1) is 11.7 Å². The second-order valence-corrected chi connectivity index (χ2v) is 5.77. The Morgan fingerprint density at radius 1 is 1.29 bits per heavy atom. The molecule has 1 nitrogen and oxygen atoms in total. The Bertz CT molecular complexity index is 365. The molecular weight excluding hydrogens is 215 g/mol. The van der Waals surface area contributed by atoms with E-state index in [9.17, 15) is 9.50 Å². The molecule has 2 heteroatoms. The van der Waals surface area contributed by atoms with Crippen molar-refractivity contribution in [3.8, 4) is 0 Å². The van der Waals surface area contributed by atoms with Crippen molar-refractivity contribution in [2.45, 2.75) is 51.0 Å². The highest BCUT2D eigenvalue weighted by Gasteiger charge is 2.31. The van der Waals surface area contributed by atoms with Crippen LogP contribution >= 0.6 is 0 Å². The van der Waals surface area contributed by atoms with Crippen molar-refractivity contribution in [3.05, 3.63) is 35.6 Å². The molecule has 1 unspecified atom stereocenters. The number of aliphatic hydroxyl groups excluding tert-OH is 1. The van der Waals surface area contributed by atoms with E-state index < -0.39 is 0 Å². The maximum Gasteiger partial charge on any atom is 0.123 e. The van der Waals surface area contributed by atoms with Gasteiger partial charge in [0, 0.05) is 5.41 Å². The fourth-order valence-corrected chi connectivity index (χ4v) is 2.23. The molecule has 1 N–H and O–H groups in total. The van der Waals surface area contributed by atoms with Crippen molar-refractivity contribution in [2.24, 2.45) is 5.92 Å². The summed E-state index contributed by atoms with van der Waals surface area (Å²) in [5, 5.41) is 10.3. The highest BCUT2D eigenvalue weighted by Crippen LogP contribution is 2.37. The highest BCUT2D eigenvalue weighted by atomic mass is 19.1. The van der Waals surface area contributed by atoms with Gasteiger partial charge in [0.15, 0.2) is 0 Å². The molecule has 1 aliphatic carbocycles. The van der Waals surface area contributed by atoms with Crippen molar-refractivity contribution < 1.29 is 9.50 Å².